The zero-order valence-electron chi connectivity index (χ0n) is 6.23. The van der Waals surface area contributed by atoms with Crippen molar-refractivity contribution in [1.82, 2.24) is 9.78 Å². The summed E-state index contributed by atoms with van der Waals surface area (Å²) < 4.78 is 1.19. The Hall–Kier alpha value is -2.16. The van der Waals surface area contributed by atoms with Crippen LogP contribution in [-0.2, 0) is 0 Å². The molecule has 0 aliphatic rings. The second-order valence-corrected chi connectivity index (χ2v) is 2.08. The van der Waals surface area contributed by atoms with Crippen LogP contribution >= 0.6 is 0 Å². The summed E-state index contributed by atoms with van der Waals surface area (Å²) in [5, 5.41) is 12.2. The number of rotatable bonds is 1. The summed E-state index contributed by atoms with van der Waals surface area (Å²) in [5.41, 5.74) is 16.0. The lowest BCUT2D eigenvalue weighted by Crippen LogP contribution is -2.16. The van der Waals surface area contributed by atoms with Crippen LogP contribution in [0.4, 0.5) is 5.82 Å². The van der Waals surface area contributed by atoms with E-state index in [9.17, 15) is 0 Å². The lowest BCUT2D eigenvalue weighted by Gasteiger charge is -2.02. The molecule has 0 atom stereocenters. The van der Waals surface area contributed by atoms with E-state index >= 15 is 0 Å². The summed E-state index contributed by atoms with van der Waals surface area (Å²) in [6, 6.07) is 3.25. The van der Waals surface area contributed by atoms with Crippen molar-refractivity contribution in [3.8, 4) is 6.07 Å². The fourth-order valence-corrected chi connectivity index (χ4v) is 0.686. The Kier molecular flexibility index (Phi) is 1.88. The first-order valence-corrected chi connectivity index (χ1v) is 3.12. The van der Waals surface area contributed by atoms with Gasteiger partial charge >= 0.3 is 0 Å². The monoisotopic (exact) mass is 164 g/mol. The van der Waals surface area contributed by atoms with E-state index in [1.54, 1.807) is 12.1 Å². The van der Waals surface area contributed by atoms with Gasteiger partial charge in [-0.1, -0.05) is 0 Å². The average Bonchev–Trinajstić information content (AvgIpc) is 2.48. The van der Waals surface area contributed by atoms with Gasteiger partial charge in [0.15, 0.2) is 11.5 Å². The molecule has 0 aliphatic heterocycles. The highest BCUT2D eigenvalue weighted by Gasteiger charge is 2.04. The molecule has 0 saturated heterocycles. The van der Waals surface area contributed by atoms with E-state index in [0.29, 0.717) is 5.82 Å². The fourth-order valence-electron chi connectivity index (χ4n) is 0.686. The molecule has 0 fully saturated rings. The Morgan fingerprint density at radius 3 is 2.67 bits per heavy atom. The zero-order chi connectivity index (χ0) is 9.14. The van der Waals surface area contributed by atoms with Crippen LogP contribution in [0.2, 0.25) is 0 Å². The van der Waals surface area contributed by atoms with Gasteiger partial charge in [0.25, 0.3) is 0 Å². The summed E-state index contributed by atoms with van der Waals surface area (Å²) in [6.07, 6.45) is 1.47. The molecule has 0 radical (unpaired) electrons. The molecule has 0 saturated carbocycles. The third kappa shape index (κ3) is 1.15. The first-order chi connectivity index (χ1) is 5.66. The number of hydrogen-bond donors (Lipinski definition) is 3. The van der Waals surface area contributed by atoms with Crippen LogP contribution in [-0.4, -0.2) is 9.78 Å². The van der Waals surface area contributed by atoms with E-state index in [1.165, 1.54) is 10.9 Å². The Morgan fingerprint density at radius 2 is 2.25 bits per heavy atom. The van der Waals surface area contributed by atoms with Gasteiger partial charge in [0.05, 0.1) is 6.20 Å². The Labute approximate surface area is 68.9 Å². The van der Waals surface area contributed by atoms with Gasteiger partial charge < -0.3 is 17.2 Å². The van der Waals surface area contributed by atoms with Crippen molar-refractivity contribution in [3.05, 3.63) is 18.0 Å². The molecule has 1 aromatic heterocycles. The molecule has 1 heterocycles. The highest BCUT2D eigenvalue weighted by Crippen LogP contribution is 2.05. The molecule has 0 unspecified atom stereocenters. The highest BCUT2D eigenvalue weighted by molar-refractivity contribution is 5.54. The Morgan fingerprint density at radius 1 is 1.58 bits per heavy atom. The molecule has 6 N–H and O–H groups in total. The SMILES string of the molecule is N#C/C(N)=C(\N)n1nccc1N. The van der Waals surface area contributed by atoms with E-state index in [2.05, 4.69) is 5.10 Å². The second kappa shape index (κ2) is 2.84. The van der Waals surface area contributed by atoms with Crippen molar-refractivity contribution in [2.24, 2.45) is 11.5 Å². The molecule has 0 amide bonds. The smallest absolute Gasteiger partial charge is 0.161 e. The van der Waals surface area contributed by atoms with Gasteiger partial charge in [-0.25, -0.2) is 0 Å². The summed E-state index contributed by atoms with van der Waals surface area (Å²) >= 11 is 0. The van der Waals surface area contributed by atoms with Crippen molar-refractivity contribution in [2.45, 2.75) is 0 Å². The molecule has 6 heteroatoms. The number of hydrogen-bond acceptors (Lipinski definition) is 5. The van der Waals surface area contributed by atoms with Crippen LogP contribution < -0.4 is 17.2 Å². The fraction of sp³-hybridized carbons (Fsp3) is 0. The van der Waals surface area contributed by atoms with E-state index < -0.39 is 0 Å². The minimum absolute atomic E-state index is 0.0417. The summed E-state index contributed by atoms with van der Waals surface area (Å²) in [4.78, 5) is 0. The average molecular weight is 164 g/mol. The topological polar surface area (TPSA) is 120 Å². The van der Waals surface area contributed by atoms with Gasteiger partial charge in [-0.15, -0.1) is 0 Å². The Bertz CT molecular complexity index is 354. The van der Waals surface area contributed by atoms with Gasteiger partial charge in [0.1, 0.15) is 11.9 Å². The third-order valence-corrected chi connectivity index (χ3v) is 1.30. The van der Waals surface area contributed by atoms with Crippen molar-refractivity contribution in [3.63, 3.8) is 0 Å². The summed E-state index contributed by atoms with van der Waals surface area (Å²) in [7, 11) is 0. The molecule has 1 rings (SSSR count). The van der Waals surface area contributed by atoms with Gasteiger partial charge in [0, 0.05) is 6.07 Å². The van der Waals surface area contributed by atoms with Crippen LogP contribution in [0.5, 0.6) is 0 Å². The molecule has 0 bridgehead atoms. The maximum absolute atomic E-state index is 8.40. The third-order valence-electron chi connectivity index (χ3n) is 1.30. The number of nitrogen functional groups attached to an aromatic ring is 1. The van der Waals surface area contributed by atoms with Gasteiger partial charge in [-0.2, -0.15) is 15.0 Å². The molecule has 1 aromatic rings. The molecule has 0 aromatic carbocycles. The maximum Gasteiger partial charge on any atom is 0.161 e. The van der Waals surface area contributed by atoms with Crippen LogP contribution in [0, 0.1) is 11.3 Å². The number of nitrogens with two attached hydrogens (primary N) is 3. The molecule has 0 aliphatic carbocycles. The number of nitrogens with zero attached hydrogens (tertiary/aromatic N) is 3. The highest BCUT2D eigenvalue weighted by atomic mass is 15.3. The number of nitriles is 1. The van der Waals surface area contributed by atoms with Crippen LogP contribution in [0.15, 0.2) is 18.0 Å². The summed E-state index contributed by atoms with van der Waals surface area (Å²) in [6.45, 7) is 0. The molecule has 0 spiro atoms. The predicted molar refractivity (Wildman–Crippen MR) is 43.8 cm³/mol. The first kappa shape index (κ1) is 7.94. The molecule has 62 valence electrons. The number of anilines is 1. The maximum atomic E-state index is 8.40. The van der Waals surface area contributed by atoms with E-state index in [0.717, 1.165) is 0 Å². The molecular weight excluding hydrogens is 156 g/mol. The first-order valence-electron chi connectivity index (χ1n) is 3.12. The Balaban J connectivity index is 3.18. The summed E-state index contributed by atoms with van der Waals surface area (Å²) in [5.74, 6) is 0.380. The minimum atomic E-state index is -0.106. The molecule has 12 heavy (non-hydrogen) atoms. The lowest BCUT2D eigenvalue weighted by atomic mass is 10.5. The van der Waals surface area contributed by atoms with Crippen LogP contribution in [0.1, 0.15) is 0 Å². The molecule has 6 nitrogen and oxygen atoms in total. The number of aromatic nitrogens is 2. The van der Waals surface area contributed by atoms with E-state index in [4.69, 9.17) is 22.5 Å². The minimum Gasteiger partial charge on any atom is -0.387 e. The predicted octanol–water partition coefficient (Wildman–Crippen LogP) is -0.968. The van der Waals surface area contributed by atoms with Crippen LogP contribution in [0.25, 0.3) is 5.82 Å². The zero-order valence-corrected chi connectivity index (χ0v) is 6.23. The van der Waals surface area contributed by atoms with Crippen LogP contribution in [0.3, 0.4) is 0 Å². The standard InChI is InChI=1S/C6H8N6/c7-3-4(8)6(10)12-5(9)1-2-11-12/h1-2H,8-10H2/b6-4-. The largest absolute Gasteiger partial charge is 0.387 e. The molecular formula is C6H8N6. The van der Waals surface area contributed by atoms with E-state index in [-0.39, 0.29) is 11.5 Å². The van der Waals surface area contributed by atoms with Crippen molar-refractivity contribution in [1.29, 1.82) is 5.26 Å². The second-order valence-electron chi connectivity index (χ2n) is 2.08. The quantitative estimate of drug-likeness (QED) is 0.461. The van der Waals surface area contributed by atoms with E-state index in [1.807, 2.05) is 0 Å². The normalized spacial score (nSPS) is 11.9. The number of allylic oxidation sites excluding steroid dienone is 1. The lowest BCUT2D eigenvalue weighted by molar-refractivity contribution is 0.889. The van der Waals surface area contributed by atoms with Crippen molar-refractivity contribution >= 4 is 11.6 Å². The van der Waals surface area contributed by atoms with Crippen molar-refractivity contribution < 1.29 is 0 Å². The van der Waals surface area contributed by atoms with Gasteiger partial charge in [0.2, 0.25) is 0 Å². The van der Waals surface area contributed by atoms with Gasteiger partial charge in [-0.05, 0) is 0 Å². The van der Waals surface area contributed by atoms with Gasteiger partial charge in [-0.3, -0.25) is 0 Å². The van der Waals surface area contributed by atoms with Crippen molar-refractivity contribution in [2.75, 3.05) is 5.73 Å².